The van der Waals surface area contributed by atoms with Gasteiger partial charge in [0, 0.05) is 0 Å². The minimum Gasteiger partial charge on any atom is -0.481 e. The van der Waals surface area contributed by atoms with E-state index >= 15 is 0 Å². The largest absolute Gasteiger partial charge is 0.481 e. The van der Waals surface area contributed by atoms with Crippen LogP contribution in [0.15, 0.2) is 30.3 Å². The third kappa shape index (κ3) is 3.56. The molecule has 4 heteroatoms. The zero-order valence-corrected chi connectivity index (χ0v) is 10.7. The Kier molecular flexibility index (Phi) is 4.55. The van der Waals surface area contributed by atoms with Gasteiger partial charge in [-0.05, 0) is 18.4 Å². The molecule has 0 aliphatic heterocycles. The van der Waals surface area contributed by atoms with Crippen molar-refractivity contribution in [3.05, 3.63) is 35.9 Å². The van der Waals surface area contributed by atoms with Crippen LogP contribution in [0, 0.1) is 11.8 Å². The van der Waals surface area contributed by atoms with Crippen LogP contribution in [-0.2, 0) is 20.9 Å². The van der Waals surface area contributed by atoms with Gasteiger partial charge in [-0.25, -0.2) is 0 Å². The van der Waals surface area contributed by atoms with Gasteiger partial charge in [-0.2, -0.15) is 0 Å². The molecule has 2 rings (SSSR count). The Labute approximate surface area is 112 Å². The second kappa shape index (κ2) is 6.36. The van der Waals surface area contributed by atoms with Crippen molar-refractivity contribution in [3.8, 4) is 0 Å². The first-order valence-corrected chi connectivity index (χ1v) is 6.62. The molecule has 102 valence electrons. The lowest BCUT2D eigenvalue weighted by Gasteiger charge is -2.26. The molecule has 1 aromatic carbocycles. The highest BCUT2D eigenvalue weighted by molar-refractivity contribution is 5.81. The van der Waals surface area contributed by atoms with E-state index in [1.807, 2.05) is 30.3 Å². The summed E-state index contributed by atoms with van der Waals surface area (Å²) >= 11 is 0. The Hall–Kier alpha value is -1.84. The number of carboxylic acid groups (broad SMARTS) is 1. The smallest absolute Gasteiger partial charge is 0.310 e. The molecule has 0 spiro atoms. The zero-order valence-electron chi connectivity index (χ0n) is 10.7. The van der Waals surface area contributed by atoms with Gasteiger partial charge in [0.25, 0.3) is 0 Å². The van der Waals surface area contributed by atoms with E-state index in [9.17, 15) is 9.59 Å². The van der Waals surface area contributed by atoms with Crippen LogP contribution in [0.5, 0.6) is 0 Å². The zero-order chi connectivity index (χ0) is 13.7. The molecule has 2 atom stereocenters. The monoisotopic (exact) mass is 262 g/mol. The molecule has 0 radical (unpaired) electrons. The summed E-state index contributed by atoms with van der Waals surface area (Å²) in [6.07, 6.45) is 2.96. The van der Waals surface area contributed by atoms with E-state index < -0.39 is 17.8 Å². The minimum atomic E-state index is -0.888. The standard InChI is InChI=1S/C15H18O4/c16-14(17)12-8-4-5-9-13(12)15(18)19-10-11-6-2-1-3-7-11/h1-3,6-7,12-13H,4-5,8-10H2,(H,16,17)/t12?,13-/m1/s1. The molecule has 1 aliphatic carbocycles. The maximum atomic E-state index is 12.0. The highest BCUT2D eigenvalue weighted by Gasteiger charge is 2.36. The summed E-state index contributed by atoms with van der Waals surface area (Å²) in [4.78, 5) is 23.1. The van der Waals surface area contributed by atoms with E-state index in [1.54, 1.807) is 0 Å². The molecule has 1 fully saturated rings. The van der Waals surface area contributed by atoms with Gasteiger partial charge in [0.05, 0.1) is 11.8 Å². The number of aliphatic carboxylic acids is 1. The van der Waals surface area contributed by atoms with Gasteiger partial charge in [0.2, 0.25) is 0 Å². The van der Waals surface area contributed by atoms with E-state index in [0.717, 1.165) is 18.4 Å². The molecule has 0 heterocycles. The second-order valence-corrected chi connectivity index (χ2v) is 4.93. The highest BCUT2D eigenvalue weighted by atomic mass is 16.5. The van der Waals surface area contributed by atoms with E-state index in [-0.39, 0.29) is 12.6 Å². The van der Waals surface area contributed by atoms with Crippen molar-refractivity contribution in [2.75, 3.05) is 0 Å². The number of ether oxygens (including phenoxy) is 1. The van der Waals surface area contributed by atoms with Gasteiger partial charge >= 0.3 is 11.9 Å². The second-order valence-electron chi connectivity index (χ2n) is 4.93. The van der Waals surface area contributed by atoms with Crippen LogP contribution in [0.25, 0.3) is 0 Å². The summed E-state index contributed by atoms with van der Waals surface area (Å²) in [7, 11) is 0. The topological polar surface area (TPSA) is 63.6 Å². The SMILES string of the molecule is O=C(O)C1CCCC[C@H]1C(=O)OCc1ccccc1. The van der Waals surface area contributed by atoms with Crippen LogP contribution >= 0.6 is 0 Å². The van der Waals surface area contributed by atoms with Crippen molar-refractivity contribution in [2.45, 2.75) is 32.3 Å². The van der Waals surface area contributed by atoms with Crippen LogP contribution in [0.1, 0.15) is 31.2 Å². The number of carboxylic acids is 1. The van der Waals surface area contributed by atoms with Gasteiger partial charge in [-0.1, -0.05) is 43.2 Å². The average Bonchev–Trinajstić information content (AvgIpc) is 2.46. The fourth-order valence-corrected chi connectivity index (χ4v) is 2.54. The molecule has 0 amide bonds. The number of esters is 1. The summed E-state index contributed by atoms with van der Waals surface area (Å²) in [6, 6.07) is 9.41. The van der Waals surface area contributed by atoms with Crippen molar-refractivity contribution in [1.29, 1.82) is 0 Å². The number of rotatable bonds is 4. The molecule has 0 bridgehead atoms. The number of hydrogen-bond donors (Lipinski definition) is 1. The Bertz CT molecular complexity index is 441. The molecular formula is C15H18O4. The lowest BCUT2D eigenvalue weighted by molar-refractivity contribution is -0.160. The van der Waals surface area contributed by atoms with Crippen LogP contribution in [-0.4, -0.2) is 17.0 Å². The van der Waals surface area contributed by atoms with Gasteiger partial charge in [0.1, 0.15) is 6.61 Å². The van der Waals surface area contributed by atoms with Gasteiger partial charge < -0.3 is 9.84 Å². The summed E-state index contributed by atoms with van der Waals surface area (Å²) in [5, 5.41) is 9.14. The summed E-state index contributed by atoms with van der Waals surface area (Å²) in [5.74, 6) is -2.34. The number of benzene rings is 1. The number of hydrogen-bond acceptors (Lipinski definition) is 3. The lowest BCUT2D eigenvalue weighted by Crippen LogP contribution is -2.33. The first-order chi connectivity index (χ1) is 9.18. The number of carbonyl (C=O) groups excluding carboxylic acids is 1. The molecule has 1 unspecified atom stereocenters. The molecule has 0 aromatic heterocycles. The normalized spacial score (nSPS) is 22.7. The van der Waals surface area contributed by atoms with E-state index in [2.05, 4.69) is 0 Å². The molecule has 0 saturated heterocycles. The van der Waals surface area contributed by atoms with E-state index in [4.69, 9.17) is 9.84 Å². The highest BCUT2D eigenvalue weighted by Crippen LogP contribution is 2.31. The van der Waals surface area contributed by atoms with Crippen molar-refractivity contribution in [1.82, 2.24) is 0 Å². The Balaban J connectivity index is 1.93. The van der Waals surface area contributed by atoms with E-state index in [0.29, 0.717) is 12.8 Å². The summed E-state index contributed by atoms with van der Waals surface area (Å²) < 4.78 is 5.25. The number of carbonyl (C=O) groups is 2. The first kappa shape index (κ1) is 13.6. The molecule has 1 saturated carbocycles. The van der Waals surface area contributed by atoms with Crippen molar-refractivity contribution in [2.24, 2.45) is 11.8 Å². The van der Waals surface area contributed by atoms with Crippen molar-refractivity contribution < 1.29 is 19.4 Å². The Morgan fingerprint density at radius 3 is 2.37 bits per heavy atom. The molecule has 1 aliphatic rings. The predicted octanol–water partition coefficient (Wildman–Crippen LogP) is 2.62. The summed E-state index contributed by atoms with van der Waals surface area (Å²) in [6.45, 7) is 0.211. The molecule has 4 nitrogen and oxygen atoms in total. The van der Waals surface area contributed by atoms with Crippen LogP contribution in [0.4, 0.5) is 0 Å². The minimum absolute atomic E-state index is 0.211. The molecule has 1 aromatic rings. The first-order valence-electron chi connectivity index (χ1n) is 6.62. The quantitative estimate of drug-likeness (QED) is 0.847. The Morgan fingerprint density at radius 1 is 1.11 bits per heavy atom. The fourth-order valence-electron chi connectivity index (χ4n) is 2.54. The van der Waals surface area contributed by atoms with E-state index in [1.165, 1.54) is 0 Å². The predicted molar refractivity (Wildman–Crippen MR) is 69.3 cm³/mol. The lowest BCUT2D eigenvalue weighted by atomic mass is 9.79. The third-order valence-electron chi connectivity index (χ3n) is 3.61. The average molecular weight is 262 g/mol. The maximum Gasteiger partial charge on any atom is 0.310 e. The summed E-state index contributed by atoms with van der Waals surface area (Å²) in [5.41, 5.74) is 0.915. The van der Waals surface area contributed by atoms with Crippen molar-refractivity contribution >= 4 is 11.9 Å². The van der Waals surface area contributed by atoms with Gasteiger partial charge in [-0.3, -0.25) is 9.59 Å². The molecule has 1 N–H and O–H groups in total. The van der Waals surface area contributed by atoms with Gasteiger partial charge in [-0.15, -0.1) is 0 Å². The molecular weight excluding hydrogens is 244 g/mol. The fraction of sp³-hybridized carbons (Fsp3) is 0.467. The third-order valence-corrected chi connectivity index (χ3v) is 3.61. The van der Waals surface area contributed by atoms with Crippen LogP contribution in [0.2, 0.25) is 0 Å². The maximum absolute atomic E-state index is 12.0. The van der Waals surface area contributed by atoms with Crippen molar-refractivity contribution in [3.63, 3.8) is 0 Å². The van der Waals surface area contributed by atoms with Crippen LogP contribution < -0.4 is 0 Å². The van der Waals surface area contributed by atoms with Crippen LogP contribution in [0.3, 0.4) is 0 Å². The van der Waals surface area contributed by atoms with Gasteiger partial charge in [0.15, 0.2) is 0 Å². The molecule has 19 heavy (non-hydrogen) atoms. The Morgan fingerprint density at radius 2 is 1.74 bits per heavy atom.